The van der Waals surface area contributed by atoms with Gasteiger partial charge in [0, 0.05) is 79.8 Å². The highest BCUT2D eigenvalue weighted by Crippen LogP contribution is 2.55. The highest BCUT2D eigenvalue weighted by molar-refractivity contribution is 6.22. The summed E-state index contributed by atoms with van der Waals surface area (Å²) in [6.07, 6.45) is 3.50. The zero-order chi connectivity index (χ0) is 42.0. The van der Waals surface area contributed by atoms with Crippen LogP contribution < -0.4 is 10.1 Å². The fourth-order valence-electron chi connectivity index (χ4n) is 7.46. The van der Waals surface area contributed by atoms with Crippen LogP contribution in [0.2, 0.25) is 0 Å². The molecule has 0 aliphatic carbocycles. The molecule has 308 valence electrons. The Morgan fingerprint density at radius 3 is 2.23 bits per heavy atom. The van der Waals surface area contributed by atoms with Gasteiger partial charge in [-0.25, -0.2) is 0 Å². The molecule has 2 aromatic rings. The van der Waals surface area contributed by atoms with Crippen LogP contribution in [0.3, 0.4) is 0 Å². The molecule has 0 saturated heterocycles. The van der Waals surface area contributed by atoms with Crippen molar-refractivity contribution in [2.75, 3.05) is 32.6 Å². The molecule has 0 spiro atoms. The summed E-state index contributed by atoms with van der Waals surface area (Å²) in [6.45, 7) is 12.2. The van der Waals surface area contributed by atoms with E-state index in [2.05, 4.69) is 5.32 Å². The number of esters is 1. The van der Waals surface area contributed by atoms with Gasteiger partial charge in [-0.2, -0.15) is 0 Å². The van der Waals surface area contributed by atoms with Gasteiger partial charge >= 0.3 is 11.8 Å². The smallest absolute Gasteiger partial charge is 0.312 e. The number of amides is 1. The van der Waals surface area contributed by atoms with Crippen molar-refractivity contribution < 1.29 is 64.0 Å². The number of benzene rings is 2. The van der Waals surface area contributed by atoms with Gasteiger partial charge in [0.05, 0.1) is 47.8 Å². The predicted octanol–water partition coefficient (Wildman–Crippen LogP) is 4.18. The van der Waals surface area contributed by atoms with Gasteiger partial charge in [0.1, 0.15) is 23.4 Å². The van der Waals surface area contributed by atoms with Crippen molar-refractivity contribution in [1.29, 1.82) is 0 Å². The summed E-state index contributed by atoms with van der Waals surface area (Å²) in [6, 6.07) is 0. The van der Waals surface area contributed by atoms with Crippen LogP contribution in [-0.2, 0) is 30.3 Å². The number of hydrogen-bond donors (Lipinski definition) is 7. The first-order valence-electron chi connectivity index (χ1n) is 18.6. The van der Waals surface area contributed by atoms with Gasteiger partial charge in [0.15, 0.2) is 5.75 Å². The molecule has 5 bridgehead atoms. The molecule has 9 atom stereocenters. The number of carbonyl (C=O) groups excluding carboxylic acids is 3. The van der Waals surface area contributed by atoms with Crippen molar-refractivity contribution in [3.63, 3.8) is 0 Å². The van der Waals surface area contributed by atoms with Crippen LogP contribution in [0.4, 0.5) is 5.69 Å². The van der Waals surface area contributed by atoms with E-state index < -0.39 is 88.8 Å². The molecule has 2 aromatic carbocycles. The number of allylic oxidation sites excluding steroid dienone is 2. The second-order valence-corrected chi connectivity index (χ2v) is 15.1. The predicted molar refractivity (Wildman–Crippen MR) is 207 cm³/mol. The zero-order valence-electron chi connectivity index (χ0n) is 33.6. The number of methoxy groups -OCH3 is 1. The Bertz CT molecular complexity index is 1920. The van der Waals surface area contributed by atoms with Gasteiger partial charge in [-0.3, -0.25) is 19.3 Å². The first-order chi connectivity index (χ1) is 26.2. The van der Waals surface area contributed by atoms with Crippen molar-refractivity contribution in [2.24, 2.45) is 23.7 Å². The summed E-state index contributed by atoms with van der Waals surface area (Å²) < 4.78 is 23.5. The van der Waals surface area contributed by atoms with Crippen LogP contribution in [-0.4, -0.2) is 111 Å². The summed E-state index contributed by atoms with van der Waals surface area (Å²) >= 11 is 0. The Hall–Kier alpha value is -4.67. The zero-order valence-corrected chi connectivity index (χ0v) is 33.6. The highest BCUT2D eigenvalue weighted by atomic mass is 16.7. The molecule has 5 rings (SSSR count). The number of phenolic OH excluding ortho intramolecular Hbond substituents is 3. The monoisotopic (exact) mass is 784 g/mol. The largest absolute Gasteiger partial charge is 0.507 e. The molecule has 15 heteroatoms. The van der Waals surface area contributed by atoms with Crippen LogP contribution in [0.15, 0.2) is 36.1 Å². The van der Waals surface area contributed by atoms with E-state index in [4.69, 9.17) is 18.9 Å². The Balaban J connectivity index is 1.97. The number of likely N-dealkylation sites (N-methyl/N-ethyl adjacent to an activating group) is 1. The number of rotatable bonds is 6. The average molecular weight is 785 g/mol. The first kappa shape index (κ1) is 44.0. The number of ketones is 1. The van der Waals surface area contributed by atoms with E-state index >= 15 is 0 Å². The Morgan fingerprint density at radius 1 is 0.964 bits per heavy atom. The quantitative estimate of drug-likeness (QED) is 0.124. The van der Waals surface area contributed by atoms with E-state index in [1.807, 2.05) is 0 Å². The van der Waals surface area contributed by atoms with Gasteiger partial charge in [0.25, 0.3) is 11.7 Å². The van der Waals surface area contributed by atoms with E-state index in [0.29, 0.717) is 0 Å². The van der Waals surface area contributed by atoms with Crippen molar-refractivity contribution in [3.05, 3.63) is 52.8 Å². The van der Waals surface area contributed by atoms with Gasteiger partial charge in [-0.1, -0.05) is 45.9 Å². The van der Waals surface area contributed by atoms with Crippen LogP contribution in [0.1, 0.15) is 70.0 Å². The summed E-state index contributed by atoms with van der Waals surface area (Å²) in [5.41, 5.74) is -0.211. The molecule has 1 amide bonds. The molecule has 3 heterocycles. The van der Waals surface area contributed by atoms with Gasteiger partial charge < -0.3 is 54.9 Å². The number of phenols is 3. The summed E-state index contributed by atoms with van der Waals surface area (Å²) in [5.74, 6) is -8.34. The third-order valence-electron chi connectivity index (χ3n) is 11.0. The van der Waals surface area contributed by atoms with E-state index in [-0.39, 0.29) is 64.2 Å². The molecule has 3 aliphatic rings. The third kappa shape index (κ3) is 8.51. The van der Waals surface area contributed by atoms with Crippen LogP contribution in [0, 0.1) is 30.6 Å². The topological polar surface area (TPSA) is 225 Å². The summed E-state index contributed by atoms with van der Waals surface area (Å²) in [5, 5.41) is 69.7. The standard InChI is InChI=1S/C41H56N2O13/c1-19-12-11-13-20(2)40(52)42-31-26(18-43(9)15-16-44)35(49)28-29(36(31)50)34(48)24(6)38-30(28)39(51)41(8,56-38)54-17-14-27(53-10)21(3)37(55-25(7)45)23(5)33(47)22(4)32(19)46/h11-14,17,19,21-23,27,32-33,37,44,46-50H,15-16,18H2,1-10H3,(H,42,52)/b12-11+,17-14+,20-13?. The molecular formula is C41H56N2O13. The molecule has 7 N–H and O–H groups in total. The number of anilines is 1. The fraction of sp³-hybridized carbons (Fsp3) is 0.537. The van der Waals surface area contributed by atoms with Crippen LogP contribution in [0.25, 0.3) is 10.8 Å². The first-order valence-corrected chi connectivity index (χ1v) is 18.6. The lowest BCUT2D eigenvalue weighted by Crippen LogP contribution is -2.46. The van der Waals surface area contributed by atoms with Crippen molar-refractivity contribution in [1.82, 2.24) is 4.90 Å². The Kier molecular flexibility index (Phi) is 13.9. The van der Waals surface area contributed by atoms with Gasteiger partial charge in [0.2, 0.25) is 0 Å². The molecule has 9 unspecified atom stereocenters. The SMILES string of the molecule is COC1/C=C/OC2(C)Oc3c(C)c(O)c4c(O)c(c(CN(C)CCO)c(O)c4c3C2=O)NC(=O)C(C)=C/C=C/C(C)C(O)C(C)C(O)C(C)C(OC(C)=O)C1C. The maximum Gasteiger partial charge on any atom is 0.312 e. The lowest BCUT2D eigenvalue weighted by atomic mass is 9.78. The fourth-order valence-corrected chi connectivity index (χ4v) is 7.46. The number of ether oxygens (including phenoxy) is 4. The molecule has 15 nitrogen and oxygen atoms in total. The molecule has 3 aliphatic heterocycles. The minimum absolute atomic E-state index is 0.0115. The number of hydrogen-bond acceptors (Lipinski definition) is 14. The number of carbonyl (C=O) groups is 3. The van der Waals surface area contributed by atoms with E-state index in [1.54, 1.807) is 51.8 Å². The number of Topliss-reactive ketones (excluding diaryl/α,β-unsaturated/α-hetero) is 1. The Morgan fingerprint density at radius 2 is 1.62 bits per heavy atom. The number of nitrogens with zero attached hydrogens (tertiary/aromatic N) is 1. The Labute approximate surface area is 326 Å². The molecule has 0 saturated carbocycles. The van der Waals surface area contributed by atoms with E-state index in [0.717, 1.165) is 0 Å². The molecule has 0 fully saturated rings. The minimum atomic E-state index is -2.04. The lowest BCUT2D eigenvalue weighted by Gasteiger charge is -2.38. The minimum Gasteiger partial charge on any atom is -0.507 e. The normalized spacial score (nSPS) is 30.1. The second kappa shape index (κ2) is 17.6. The van der Waals surface area contributed by atoms with Crippen molar-refractivity contribution in [3.8, 4) is 23.0 Å². The van der Waals surface area contributed by atoms with Gasteiger partial charge in [-0.05, 0) is 27.0 Å². The summed E-state index contributed by atoms with van der Waals surface area (Å²) in [7, 11) is 3.07. The maximum atomic E-state index is 14.3. The number of aliphatic hydroxyl groups excluding tert-OH is 3. The number of nitrogens with one attached hydrogen (secondary N) is 1. The van der Waals surface area contributed by atoms with Crippen LogP contribution in [0.5, 0.6) is 23.0 Å². The molecule has 0 radical (unpaired) electrons. The number of aromatic hydroxyl groups is 3. The number of aliphatic hydroxyl groups is 3. The van der Waals surface area contributed by atoms with E-state index in [1.165, 1.54) is 53.2 Å². The van der Waals surface area contributed by atoms with Crippen molar-refractivity contribution >= 4 is 34.1 Å². The maximum absolute atomic E-state index is 14.3. The van der Waals surface area contributed by atoms with E-state index in [9.17, 15) is 45.0 Å². The molecular weight excluding hydrogens is 728 g/mol. The third-order valence-corrected chi connectivity index (χ3v) is 11.0. The van der Waals surface area contributed by atoms with Crippen molar-refractivity contribution in [2.45, 2.75) is 92.1 Å². The summed E-state index contributed by atoms with van der Waals surface area (Å²) in [4.78, 5) is 41.8. The molecule has 56 heavy (non-hydrogen) atoms. The molecule has 0 aromatic heterocycles. The van der Waals surface area contributed by atoms with Gasteiger partial charge in [-0.15, -0.1) is 0 Å². The highest BCUT2D eigenvalue weighted by Gasteiger charge is 2.50. The second-order valence-electron chi connectivity index (χ2n) is 15.1. The average Bonchev–Trinajstić information content (AvgIpc) is 3.41. The number of fused-ring (bicyclic) bond motifs is 14. The lowest BCUT2D eigenvalue weighted by molar-refractivity contribution is -0.160. The van der Waals surface area contributed by atoms with Crippen LogP contribution >= 0.6 is 0 Å².